The summed E-state index contributed by atoms with van der Waals surface area (Å²) >= 11 is 0. The Bertz CT molecular complexity index is 670. The van der Waals surface area contributed by atoms with E-state index < -0.39 is 0 Å². The number of carbonyl (C=O) groups is 1. The quantitative estimate of drug-likeness (QED) is 0.738. The van der Waals surface area contributed by atoms with E-state index in [1.807, 2.05) is 31.2 Å². The average molecular weight is 367 g/mol. The second-order valence-corrected chi connectivity index (χ2v) is 6.13. The Labute approximate surface area is 155 Å². The third-order valence-electron chi connectivity index (χ3n) is 3.72. The fraction of sp³-hybridized carbons (Fsp3) is 0.421. The van der Waals surface area contributed by atoms with Crippen molar-refractivity contribution in [2.75, 3.05) is 6.61 Å². The van der Waals surface area contributed by atoms with E-state index in [2.05, 4.69) is 19.2 Å². The number of rotatable bonds is 8. The molecule has 1 unspecified atom stereocenters. The van der Waals surface area contributed by atoms with Crippen molar-refractivity contribution < 1.29 is 13.9 Å². The van der Waals surface area contributed by atoms with Crippen molar-refractivity contribution in [3.8, 4) is 5.75 Å². The molecule has 1 atom stereocenters. The van der Waals surface area contributed by atoms with Crippen molar-refractivity contribution in [1.29, 1.82) is 0 Å². The molecule has 0 radical (unpaired) electrons. The number of carbonyl (C=O) groups excluding carboxylic acids is 1. The Balaban J connectivity index is 0.00000312. The first kappa shape index (κ1) is 21.1. The van der Waals surface area contributed by atoms with Gasteiger partial charge in [0.1, 0.15) is 17.8 Å². The molecule has 0 saturated heterocycles. The summed E-state index contributed by atoms with van der Waals surface area (Å²) in [6.45, 7) is 7.07. The number of amides is 1. The summed E-state index contributed by atoms with van der Waals surface area (Å²) in [6.07, 6.45) is 2.26. The van der Waals surface area contributed by atoms with Crippen LogP contribution in [0.3, 0.4) is 0 Å². The Kier molecular flexibility index (Phi) is 8.52. The first-order valence-electron chi connectivity index (χ1n) is 8.35. The van der Waals surface area contributed by atoms with Crippen molar-refractivity contribution in [3.63, 3.8) is 0 Å². The van der Waals surface area contributed by atoms with E-state index in [1.165, 1.54) is 6.26 Å². The predicted octanol–water partition coefficient (Wildman–Crippen LogP) is 4.08. The van der Waals surface area contributed by atoms with Crippen LogP contribution in [-0.2, 0) is 6.54 Å². The zero-order valence-corrected chi connectivity index (χ0v) is 15.8. The highest BCUT2D eigenvalue weighted by Crippen LogP contribution is 2.30. The summed E-state index contributed by atoms with van der Waals surface area (Å²) in [7, 11) is 0. The molecule has 1 amide bonds. The second kappa shape index (κ2) is 10.1. The second-order valence-electron chi connectivity index (χ2n) is 6.13. The van der Waals surface area contributed by atoms with Crippen molar-refractivity contribution in [1.82, 2.24) is 5.32 Å². The van der Waals surface area contributed by atoms with E-state index in [0.717, 1.165) is 17.7 Å². The molecule has 0 fully saturated rings. The Hall–Kier alpha value is -1.98. The summed E-state index contributed by atoms with van der Waals surface area (Å²) in [5.41, 5.74) is 7.01. The smallest absolute Gasteiger partial charge is 0.255 e. The fourth-order valence-electron chi connectivity index (χ4n) is 2.64. The molecule has 1 aromatic heterocycles. The van der Waals surface area contributed by atoms with Crippen LogP contribution < -0.4 is 15.8 Å². The molecule has 0 saturated carbocycles. The highest BCUT2D eigenvalue weighted by Gasteiger charge is 2.21. The van der Waals surface area contributed by atoms with Gasteiger partial charge in [-0.15, -0.1) is 12.4 Å². The first-order valence-corrected chi connectivity index (χ1v) is 8.35. The SMILES string of the molecule is CCOc1ccccc1C(CC(C)C)NC(=O)c1coc(CN)c1.Cl. The number of ether oxygens (including phenoxy) is 1. The average Bonchev–Trinajstić information content (AvgIpc) is 3.04. The lowest BCUT2D eigenvalue weighted by Crippen LogP contribution is -2.29. The molecule has 2 aromatic rings. The lowest BCUT2D eigenvalue weighted by atomic mass is 9.96. The third kappa shape index (κ3) is 5.80. The minimum absolute atomic E-state index is 0. The minimum Gasteiger partial charge on any atom is -0.494 e. The molecule has 0 aliphatic rings. The molecule has 0 spiro atoms. The lowest BCUT2D eigenvalue weighted by molar-refractivity contribution is 0.0930. The van der Waals surface area contributed by atoms with Gasteiger partial charge < -0.3 is 20.2 Å². The van der Waals surface area contributed by atoms with Gasteiger partial charge in [-0.1, -0.05) is 32.0 Å². The van der Waals surface area contributed by atoms with Crippen LogP contribution in [-0.4, -0.2) is 12.5 Å². The summed E-state index contributed by atoms with van der Waals surface area (Å²) < 4.78 is 11.0. The first-order chi connectivity index (χ1) is 11.5. The highest BCUT2D eigenvalue weighted by atomic mass is 35.5. The van der Waals surface area contributed by atoms with Gasteiger partial charge in [-0.3, -0.25) is 4.79 Å². The monoisotopic (exact) mass is 366 g/mol. The molecule has 2 rings (SSSR count). The van der Waals surface area contributed by atoms with Crippen LogP contribution in [0.2, 0.25) is 0 Å². The van der Waals surface area contributed by atoms with E-state index >= 15 is 0 Å². The number of nitrogens with two attached hydrogens (primary N) is 1. The molecular formula is C19H27ClN2O3. The van der Waals surface area contributed by atoms with Gasteiger partial charge in [-0.05, 0) is 31.4 Å². The molecule has 3 N–H and O–H groups in total. The maximum Gasteiger partial charge on any atom is 0.255 e. The van der Waals surface area contributed by atoms with Gasteiger partial charge in [0.25, 0.3) is 5.91 Å². The maximum atomic E-state index is 12.6. The summed E-state index contributed by atoms with van der Waals surface area (Å²) in [4.78, 5) is 12.6. The van der Waals surface area contributed by atoms with Crippen LogP contribution in [0.1, 0.15) is 54.9 Å². The maximum absolute atomic E-state index is 12.6. The van der Waals surface area contributed by atoms with Crippen molar-refractivity contribution in [2.24, 2.45) is 11.7 Å². The van der Waals surface area contributed by atoms with Gasteiger partial charge in [0.15, 0.2) is 0 Å². The Morgan fingerprint density at radius 3 is 2.64 bits per heavy atom. The molecule has 0 aliphatic carbocycles. The molecule has 5 nitrogen and oxygen atoms in total. The molecule has 0 bridgehead atoms. The molecule has 1 heterocycles. The van der Waals surface area contributed by atoms with Crippen LogP contribution in [0.5, 0.6) is 5.75 Å². The molecule has 25 heavy (non-hydrogen) atoms. The van der Waals surface area contributed by atoms with Crippen LogP contribution in [0.4, 0.5) is 0 Å². The topological polar surface area (TPSA) is 77.5 Å². The number of hydrogen-bond donors (Lipinski definition) is 2. The number of halogens is 1. The van der Waals surface area contributed by atoms with Gasteiger partial charge in [0.2, 0.25) is 0 Å². The minimum atomic E-state index is -0.171. The summed E-state index contributed by atoms with van der Waals surface area (Å²) in [5.74, 6) is 1.65. The Morgan fingerprint density at radius 1 is 1.32 bits per heavy atom. The van der Waals surface area contributed by atoms with Gasteiger partial charge in [-0.2, -0.15) is 0 Å². The van der Waals surface area contributed by atoms with Crippen molar-refractivity contribution >= 4 is 18.3 Å². The third-order valence-corrected chi connectivity index (χ3v) is 3.72. The zero-order valence-electron chi connectivity index (χ0n) is 15.0. The van der Waals surface area contributed by atoms with Gasteiger partial charge in [0.05, 0.1) is 24.8 Å². The Morgan fingerprint density at radius 2 is 2.04 bits per heavy atom. The number of hydrogen-bond acceptors (Lipinski definition) is 4. The summed E-state index contributed by atoms with van der Waals surface area (Å²) in [5, 5.41) is 3.10. The van der Waals surface area contributed by atoms with Gasteiger partial charge >= 0.3 is 0 Å². The van der Waals surface area contributed by atoms with E-state index in [0.29, 0.717) is 23.8 Å². The standard InChI is InChI=1S/C19H26N2O3.ClH/c1-4-23-18-8-6-5-7-16(18)17(9-13(2)3)21-19(22)14-10-15(11-20)24-12-14;/h5-8,10,12-13,17H,4,9,11,20H2,1-3H3,(H,21,22);1H. The molecule has 138 valence electrons. The lowest BCUT2D eigenvalue weighted by Gasteiger charge is -2.23. The highest BCUT2D eigenvalue weighted by molar-refractivity contribution is 5.94. The van der Waals surface area contributed by atoms with E-state index in [4.69, 9.17) is 14.9 Å². The molecular weight excluding hydrogens is 340 g/mol. The molecule has 1 aromatic carbocycles. The van der Waals surface area contributed by atoms with E-state index in [1.54, 1.807) is 6.07 Å². The normalized spacial score (nSPS) is 11.7. The van der Waals surface area contributed by atoms with Gasteiger partial charge in [0, 0.05) is 5.56 Å². The molecule has 0 aliphatic heterocycles. The largest absolute Gasteiger partial charge is 0.494 e. The van der Waals surface area contributed by atoms with Crippen molar-refractivity contribution in [3.05, 3.63) is 53.5 Å². The molecule has 6 heteroatoms. The van der Waals surface area contributed by atoms with E-state index in [-0.39, 0.29) is 30.9 Å². The predicted molar refractivity (Wildman–Crippen MR) is 101 cm³/mol. The zero-order chi connectivity index (χ0) is 17.5. The van der Waals surface area contributed by atoms with Crippen LogP contribution in [0.15, 0.2) is 41.0 Å². The number of para-hydroxylation sites is 1. The number of benzene rings is 1. The fourth-order valence-corrected chi connectivity index (χ4v) is 2.64. The number of furan rings is 1. The van der Waals surface area contributed by atoms with Crippen LogP contribution in [0.25, 0.3) is 0 Å². The summed E-state index contributed by atoms with van der Waals surface area (Å²) in [6, 6.07) is 9.38. The van der Waals surface area contributed by atoms with E-state index in [9.17, 15) is 4.79 Å². The van der Waals surface area contributed by atoms with Crippen LogP contribution >= 0.6 is 12.4 Å². The van der Waals surface area contributed by atoms with Gasteiger partial charge in [-0.25, -0.2) is 0 Å². The number of nitrogens with one attached hydrogen (secondary N) is 1. The van der Waals surface area contributed by atoms with Crippen LogP contribution in [0, 0.1) is 5.92 Å². The van der Waals surface area contributed by atoms with Crippen molar-refractivity contribution in [2.45, 2.75) is 39.8 Å².